The monoisotopic (exact) mass is 806 g/mol. The van der Waals surface area contributed by atoms with E-state index in [1.807, 2.05) is 60.7 Å². The van der Waals surface area contributed by atoms with Crippen LogP contribution in [0.5, 0.6) is 0 Å². The van der Waals surface area contributed by atoms with Crippen LogP contribution < -0.4 is 0 Å². The molecular formula is C57H34N4O2. The smallest absolute Gasteiger partial charge is 0.164 e. The van der Waals surface area contributed by atoms with Crippen molar-refractivity contribution >= 4 is 65.7 Å². The highest BCUT2D eigenvalue weighted by Crippen LogP contribution is 2.40. The molecule has 294 valence electrons. The Balaban J connectivity index is 0.903. The minimum Gasteiger partial charge on any atom is -0.456 e. The highest BCUT2D eigenvalue weighted by molar-refractivity contribution is 6.11. The van der Waals surface area contributed by atoms with E-state index in [0.717, 1.165) is 88.5 Å². The van der Waals surface area contributed by atoms with E-state index in [0.29, 0.717) is 17.5 Å². The molecular weight excluding hydrogens is 773 g/mol. The van der Waals surface area contributed by atoms with E-state index in [4.69, 9.17) is 23.8 Å². The molecule has 13 aromatic rings. The zero-order valence-corrected chi connectivity index (χ0v) is 33.7. The quantitative estimate of drug-likeness (QED) is 0.167. The fourth-order valence-corrected chi connectivity index (χ4v) is 9.28. The zero-order valence-electron chi connectivity index (χ0n) is 33.7. The Labute approximate surface area is 361 Å². The topological polar surface area (TPSA) is 69.9 Å². The number of hydrogen-bond acceptors (Lipinski definition) is 5. The maximum atomic E-state index is 6.70. The van der Waals surface area contributed by atoms with Gasteiger partial charge in [-0.2, -0.15) is 0 Å². The predicted octanol–water partition coefficient (Wildman–Crippen LogP) is 15.1. The molecule has 6 nitrogen and oxygen atoms in total. The summed E-state index contributed by atoms with van der Waals surface area (Å²) in [5.74, 6) is 1.72. The predicted molar refractivity (Wildman–Crippen MR) is 256 cm³/mol. The fourth-order valence-electron chi connectivity index (χ4n) is 9.28. The van der Waals surface area contributed by atoms with E-state index >= 15 is 0 Å². The number of benzene rings is 9. The molecule has 0 amide bonds. The molecule has 9 aromatic carbocycles. The van der Waals surface area contributed by atoms with E-state index in [2.05, 4.69) is 150 Å². The molecule has 0 atom stereocenters. The van der Waals surface area contributed by atoms with Gasteiger partial charge in [-0.1, -0.05) is 140 Å². The Hall–Kier alpha value is -8.61. The van der Waals surface area contributed by atoms with Crippen molar-refractivity contribution in [2.24, 2.45) is 0 Å². The summed E-state index contributed by atoms with van der Waals surface area (Å²) in [4.78, 5) is 15.1. The third-order valence-electron chi connectivity index (χ3n) is 12.3. The van der Waals surface area contributed by atoms with Crippen LogP contribution in [0.25, 0.3) is 128 Å². The molecule has 0 unspecified atom stereocenters. The largest absolute Gasteiger partial charge is 0.456 e. The maximum Gasteiger partial charge on any atom is 0.164 e. The molecule has 0 fully saturated rings. The molecule has 0 spiro atoms. The lowest BCUT2D eigenvalue weighted by Gasteiger charge is -2.12. The Morgan fingerprint density at radius 1 is 0.286 bits per heavy atom. The molecule has 0 N–H and O–H groups in total. The van der Waals surface area contributed by atoms with Gasteiger partial charge in [0.2, 0.25) is 0 Å². The minimum absolute atomic E-state index is 0.559. The van der Waals surface area contributed by atoms with Crippen LogP contribution in [0.4, 0.5) is 0 Å². The van der Waals surface area contributed by atoms with Gasteiger partial charge in [0.15, 0.2) is 17.5 Å². The summed E-state index contributed by atoms with van der Waals surface area (Å²) < 4.78 is 15.3. The molecule has 0 aliphatic carbocycles. The van der Waals surface area contributed by atoms with Gasteiger partial charge in [0.05, 0.1) is 11.0 Å². The second-order valence-electron chi connectivity index (χ2n) is 16.0. The number of fused-ring (bicyclic) bond motifs is 9. The number of furan rings is 2. The van der Waals surface area contributed by atoms with Gasteiger partial charge in [-0.15, -0.1) is 0 Å². The van der Waals surface area contributed by atoms with Crippen LogP contribution in [-0.2, 0) is 0 Å². The van der Waals surface area contributed by atoms with Crippen LogP contribution in [0.2, 0.25) is 0 Å². The molecule has 0 saturated carbocycles. The number of hydrogen-bond donors (Lipinski definition) is 0. The van der Waals surface area contributed by atoms with E-state index < -0.39 is 0 Å². The summed E-state index contributed by atoms with van der Waals surface area (Å²) >= 11 is 0. The van der Waals surface area contributed by atoms with E-state index in [1.165, 1.54) is 21.8 Å². The van der Waals surface area contributed by atoms with Gasteiger partial charge in [0, 0.05) is 54.7 Å². The van der Waals surface area contributed by atoms with Crippen LogP contribution in [0.1, 0.15) is 0 Å². The number of nitrogens with zero attached hydrogens (tertiary/aromatic N) is 4. The van der Waals surface area contributed by atoms with Crippen molar-refractivity contribution in [1.29, 1.82) is 0 Å². The lowest BCUT2D eigenvalue weighted by Crippen LogP contribution is -2.00. The third kappa shape index (κ3) is 5.76. The van der Waals surface area contributed by atoms with Gasteiger partial charge in [-0.25, -0.2) is 15.0 Å². The maximum absolute atomic E-state index is 6.70. The van der Waals surface area contributed by atoms with Crippen LogP contribution in [-0.4, -0.2) is 19.5 Å². The van der Waals surface area contributed by atoms with Crippen LogP contribution in [0, 0.1) is 0 Å². The summed E-state index contributed by atoms with van der Waals surface area (Å²) in [6, 6.07) is 71.7. The standard InChI is InChI=1S/C57H34N4O2/c1-3-13-35(14-4-1)55-58-56(38-25-29-46-45-20-10-12-22-51(45)62-53(46)33-38)60-57(59-55)39-26-30-48-47-28-24-37(32-52(47)63-54(48)34-39)42-18-8-7-17-41(42)36-23-27-44-43-19-9-11-21-49(43)61(50(44)31-36)40-15-5-2-6-16-40/h1-34H. The normalized spacial score (nSPS) is 11.8. The van der Waals surface area contributed by atoms with Gasteiger partial charge in [0.25, 0.3) is 0 Å². The van der Waals surface area contributed by atoms with Gasteiger partial charge >= 0.3 is 0 Å². The molecule has 0 aliphatic heterocycles. The van der Waals surface area contributed by atoms with E-state index in [-0.39, 0.29) is 0 Å². The van der Waals surface area contributed by atoms with E-state index in [9.17, 15) is 0 Å². The lowest BCUT2D eigenvalue weighted by atomic mass is 9.93. The first-order valence-corrected chi connectivity index (χ1v) is 21.1. The van der Waals surface area contributed by atoms with Crippen molar-refractivity contribution in [3.63, 3.8) is 0 Å². The van der Waals surface area contributed by atoms with Crippen molar-refractivity contribution < 1.29 is 8.83 Å². The Kier molecular flexibility index (Phi) is 7.80. The van der Waals surface area contributed by atoms with Crippen molar-refractivity contribution in [2.45, 2.75) is 0 Å². The summed E-state index contributed by atoms with van der Waals surface area (Å²) in [6.45, 7) is 0. The Morgan fingerprint density at radius 3 is 1.37 bits per heavy atom. The SMILES string of the molecule is c1ccc(-c2nc(-c3ccc4c(c3)oc3ccccc34)nc(-c3ccc4c(c3)oc3cc(-c5ccccc5-c5ccc6c7ccccc7n(-c7ccccc7)c6c5)ccc34)n2)cc1. The molecule has 13 rings (SSSR count). The van der Waals surface area contributed by atoms with Crippen LogP contribution in [0.15, 0.2) is 215 Å². The second-order valence-corrected chi connectivity index (χ2v) is 16.0. The highest BCUT2D eigenvalue weighted by atomic mass is 16.3. The first kappa shape index (κ1) is 35.2. The molecule has 4 aromatic heterocycles. The zero-order chi connectivity index (χ0) is 41.4. The summed E-state index contributed by atoms with van der Waals surface area (Å²) in [6.07, 6.45) is 0. The van der Waals surface area contributed by atoms with Gasteiger partial charge in [-0.05, 0) is 89.0 Å². The number of rotatable bonds is 6. The highest BCUT2D eigenvalue weighted by Gasteiger charge is 2.19. The number of aromatic nitrogens is 4. The molecule has 0 radical (unpaired) electrons. The molecule has 0 bridgehead atoms. The van der Waals surface area contributed by atoms with Gasteiger partial charge < -0.3 is 13.4 Å². The average Bonchev–Trinajstić information content (AvgIpc) is 4.02. The molecule has 0 saturated heterocycles. The first-order valence-electron chi connectivity index (χ1n) is 21.1. The van der Waals surface area contributed by atoms with Crippen molar-refractivity contribution in [2.75, 3.05) is 0 Å². The van der Waals surface area contributed by atoms with Crippen molar-refractivity contribution in [3.05, 3.63) is 206 Å². The van der Waals surface area contributed by atoms with Gasteiger partial charge in [-0.3, -0.25) is 0 Å². The average molecular weight is 807 g/mol. The molecule has 0 aliphatic rings. The second kappa shape index (κ2) is 14.0. The van der Waals surface area contributed by atoms with Gasteiger partial charge in [0.1, 0.15) is 22.3 Å². The van der Waals surface area contributed by atoms with Crippen molar-refractivity contribution in [3.8, 4) is 62.1 Å². The summed E-state index contributed by atoms with van der Waals surface area (Å²) in [7, 11) is 0. The summed E-state index contributed by atoms with van der Waals surface area (Å²) in [5.41, 5.74) is 13.8. The van der Waals surface area contributed by atoms with Crippen molar-refractivity contribution in [1.82, 2.24) is 19.5 Å². The minimum atomic E-state index is 0.559. The van der Waals surface area contributed by atoms with Crippen LogP contribution in [0.3, 0.4) is 0 Å². The summed E-state index contributed by atoms with van der Waals surface area (Å²) in [5, 5.41) is 6.68. The van der Waals surface area contributed by atoms with E-state index in [1.54, 1.807) is 0 Å². The molecule has 6 heteroatoms. The molecule has 4 heterocycles. The molecule has 63 heavy (non-hydrogen) atoms. The number of para-hydroxylation sites is 3. The third-order valence-corrected chi connectivity index (χ3v) is 12.3. The lowest BCUT2D eigenvalue weighted by molar-refractivity contribution is 0.669. The Morgan fingerprint density at radius 2 is 0.714 bits per heavy atom. The van der Waals surface area contributed by atoms with Crippen LogP contribution >= 0.6 is 0 Å². The fraction of sp³-hybridized carbons (Fsp3) is 0. The Bertz CT molecular complexity index is 3920. The first-order chi connectivity index (χ1) is 31.2.